The van der Waals surface area contributed by atoms with Crippen molar-refractivity contribution in [3.05, 3.63) is 29.3 Å². The van der Waals surface area contributed by atoms with Crippen molar-refractivity contribution < 1.29 is 14.7 Å². The standard InChI is InChI=1S/C10H9ClNO3/c11-7-1-3-8(4-2-7)12-9(13)5-6-10(14)15/h1,3-4H,5-6H2,(H,12,13)(H,14,15). The third-order valence-electron chi connectivity index (χ3n) is 1.62. The van der Waals surface area contributed by atoms with Crippen LogP contribution in [0.3, 0.4) is 0 Å². The molecule has 0 bridgehead atoms. The lowest BCUT2D eigenvalue weighted by atomic mass is 10.2. The van der Waals surface area contributed by atoms with Gasteiger partial charge in [-0.15, -0.1) is 0 Å². The quantitative estimate of drug-likeness (QED) is 0.825. The Balaban J connectivity index is 2.44. The molecular formula is C10H9ClNO3. The van der Waals surface area contributed by atoms with Crippen LogP contribution in [0.1, 0.15) is 12.8 Å². The Kier molecular flexibility index (Phi) is 4.12. The highest BCUT2D eigenvalue weighted by molar-refractivity contribution is 6.30. The minimum atomic E-state index is -0.993. The maximum absolute atomic E-state index is 11.2. The van der Waals surface area contributed by atoms with E-state index in [2.05, 4.69) is 11.4 Å². The maximum Gasteiger partial charge on any atom is 0.303 e. The fraction of sp³-hybridized carbons (Fsp3) is 0.200. The van der Waals surface area contributed by atoms with Crippen molar-refractivity contribution in [3.8, 4) is 0 Å². The third kappa shape index (κ3) is 4.46. The molecule has 1 rings (SSSR count). The van der Waals surface area contributed by atoms with Crippen molar-refractivity contribution in [2.24, 2.45) is 0 Å². The Morgan fingerprint density at radius 2 is 2.13 bits per heavy atom. The number of carboxylic acid groups (broad SMARTS) is 1. The van der Waals surface area contributed by atoms with E-state index in [4.69, 9.17) is 16.7 Å². The molecule has 0 saturated carbocycles. The average molecular weight is 227 g/mol. The highest BCUT2D eigenvalue weighted by Gasteiger charge is 2.05. The molecule has 1 radical (unpaired) electrons. The Hall–Kier alpha value is -1.55. The van der Waals surface area contributed by atoms with E-state index < -0.39 is 5.97 Å². The second-order valence-corrected chi connectivity index (χ2v) is 3.27. The first-order valence-corrected chi connectivity index (χ1v) is 4.64. The van der Waals surface area contributed by atoms with Gasteiger partial charge in [0.1, 0.15) is 0 Å². The minimum Gasteiger partial charge on any atom is -0.481 e. The highest BCUT2D eigenvalue weighted by Crippen LogP contribution is 2.12. The first-order valence-electron chi connectivity index (χ1n) is 4.27. The van der Waals surface area contributed by atoms with E-state index in [0.717, 1.165) is 0 Å². The Morgan fingerprint density at radius 1 is 1.40 bits per heavy atom. The van der Waals surface area contributed by atoms with E-state index in [-0.39, 0.29) is 18.7 Å². The number of anilines is 1. The molecule has 1 aromatic carbocycles. The molecule has 0 saturated heterocycles. The molecule has 1 amide bonds. The molecule has 1 aromatic rings. The van der Waals surface area contributed by atoms with Gasteiger partial charge in [-0.1, -0.05) is 11.6 Å². The van der Waals surface area contributed by atoms with Crippen LogP contribution in [0, 0.1) is 6.07 Å². The summed E-state index contributed by atoms with van der Waals surface area (Å²) in [5, 5.41) is 11.4. The monoisotopic (exact) mass is 226 g/mol. The molecule has 0 heterocycles. The van der Waals surface area contributed by atoms with Crippen molar-refractivity contribution in [3.63, 3.8) is 0 Å². The van der Waals surface area contributed by atoms with Gasteiger partial charge >= 0.3 is 5.97 Å². The number of hydrogen-bond acceptors (Lipinski definition) is 2. The van der Waals surface area contributed by atoms with Crippen LogP contribution in [0.15, 0.2) is 18.2 Å². The van der Waals surface area contributed by atoms with Gasteiger partial charge in [0.25, 0.3) is 0 Å². The van der Waals surface area contributed by atoms with Crippen LogP contribution in [-0.2, 0) is 9.59 Å². The van der Waals surface area contributed by atoms with Crippen molar-refractivity contribution in [1.82, 2.24) is 0 Å². The van der Waals surface area contributed by atoms with E-state index in [1.165, 1.54) is 6.07 Å². The highest BCUT2D eigenvalue weighted by atomic mass is 35.5. The first kappa shape index (κ1) is 11.5. The molecule has 0 atom stereocenters. The average Bonchev–Trinajstić information content (AvgIpc) is 2.19. The smallest absolute Gasteiger partial charge is 0.303 e. The Bertz CT molecular complexity index is 361. The van der Waals surface area contributed by atoms with Crippen LogP contribution in [0.4, 0.5) is 5.69 Å². The summed E-state index contributed by atoms with van der Waals surface area (Å²) in [6.45, 7) is 0. The number of amides is 1. The van der Waals surface area contributed by atoms with E-state index in [9.17, 15) is 9.59 Å². The lowest BCUT2D eigenvalue weighted by Gasteiger charge is -2.03. The summed E-state index contributed by atoms with van der Waals surface area (Å²) in [7, 11) is 0. The minimum absolute atomic E-state index is 0.0437. The normalized spacial score (nSPS) is 9.67. The van der Waals surface area contributed by atoms with Crippen molar-refractivity contribution in [2.45, 2.75) is 12.8 Å². The van der Waals surface area contributed by atoms with E-state index >= 15 is 0 Å². The maximum atomic E-state index is 11.2. The number of benzene rings is 1. The summed E-state index contributed by atoms with van der Waals surface area (Å²) in [5.41, 5.74) is 0.551. The summed E-state index contributed by atoms with van der Waals surface area (Å²) in [6, 6.07) is 7.45. The van der Waals surface area contributed by atoms with Gasteiger partial charge in [0.2, 0.25) is 5.91 Å². The molecular weight excluding hydrogens is 218 g/mol. The summed E-state index contributed by atoms with van der Waals surface area (Å²) < 4.78 is 0. The third-order valence-corrected chi connectivity index (χ3v) is 1.86. The molecule has 0 fully saturated rings. The van der Waals surface area contributed by atoms with Crippen LogP contribution in [0.5, 0.6) is 0 Å². The van der Waals surface area contributed by atoms with Crippen molar-refractivity contribution in [1.29, 1.82) is 0 Å². The number of aliphatic carboxylic acids is 1. The van der Waals surface area contributed by atoms with Gasteiger partial charge in [0.05, 0.1) is 6.42 Å². The van der Waals surface area contributed by atoms with Crippen LogP contribution in [-0.4, -0.2) is 17.0 Å². The number of carbonyl (C=O) groups excluding carboxylic acids is 1. The van der Waals surface area contributed by atoms with Gasteiger partial charge in [0.15, 0.2) is 0 Å². The van der Waals surface area contributed by atoms with Crippen LogP contribution in [0.25, 0.3) is 0 Å². The van der Waals surface area contributed by atoms with Crippen molar-refractivity contribution in [2.75, 3.05) is 5.32 Å². The van der Waals surface area contributed by atoms with Crippen molar-refractivity contribution >= 4 is 29.2 Å². The van der Waals surface area contributed by atoms with Gasteiger partial charge in [-0.25, -0.2) is 0 Å². The summed E-state index contributed by atoms with van der Waals surface area (Å²) in [6.07, 6.45) is -0.221. The number of hydrogen-bond donors (Lipinski definition) is 2. The lowest BCUT2D eigenvalue weighted by molar-refractivity contribution is -0.138. The molecule has 2 N–H and O–H groups in total. The Labute approximate surface area is 91.9 Å². The van der Waals surface area contributed by atoms with Gasteiger partial charge in [-0.05, 0) is 18.2 Å². The van der Waals surface area contributed by atoms with E-state index in [0.29, 0.717) is 10.7 Å². The molecule has 0 aromatic heterocycles. The van der Waals surface area contributed by atoms with Gasteiger partial charge in [0, 0.05) is 23.2 Å². The molecule has 0 unspecified atom stereocenters. The summed E-state index contributed by atoms with van der Waals surface area (Å²) >= 11 is 5.60. The van der Waals surface area contributed by atoms with Crippen LogP contribution in [0.2, 0.25) is 5.02 Å². The zero-order chi connectivity index (χ0) is 11.3. The fourth-order valence-corrected chi connectivity index (χ4v) is 1.05. The second-order valence-electron chi connectivity index (χ2n) is 2.87. The van der Waals surface area contributed by atoms with E-state index in [1.54, 1.807) is 12.1 Å². The molecule has 0 aliphatic carbocycles. The number of carbonyl (C=O) groups is 2. The predicted molar refractivity (Wildman–Crippen MR) is 55.8 cm³/mol. The number of carboxylic acids is 1. The van der Waals surface area contributed by atoms with Crippen LogP contribution >= 0.6 is 11.6 Å². The van der Waals surface area contributed by atoms with Gasteiger partial charge in [-0.2, -0.15) is 0 Å². The predicted octanol–water partition coefficient (Wildman–Crippen LogP) is 1.94. The zero-order valence-electron chi connectivity index (χ0n) is 7.79. The lowest BCUT2D eigenvalue weighted by Crippen LogP contribution is -2.12. The Morgan fingerprint density at radius 3 is 2.67 bits per heavy atom. The molecule has 0 aliphatic rings. The first-order chi connectivity index (χ1) is 7.08. The molecule has 79 valence electrons. The number of nitrogens with one attached hydrogen (secondary N) is 1. The molecule has 0 spiro atoms. The zero-order valence-corrected chi connectivity index (χ0v) is 8.54. The van der Waals surface area contributed by atoms with E-state index in [1.807, 2.05) is 0 Å². The fourth-order valence-electron chi connectivity index (χ4n) is 0.928. The van der Waals surface area contributed by atoms with Gasteiger partial charge < -0.3 is 10.4 Å². The van der Waals surface area contributed by atoms with Gasteiger partial charge in [-0.3, -0.25) is 9.59 Å². The molecule has 4 nitrogen and oxygen atoms in total. The summed E-state index contributed by atoms with van der Waals surface area (Å²) in [5.74, 6) is -1.33. The summed E-state index contributed by atoms with van der Waals surface area (Å²) in [4.78, 5) is 21.4. The number of rotatable bonds is 4. The molecule has 0 aliphatic heterocycles. The SMILES string of the molecule is O=C(O)CCC(=O)Nc1c[c]c(Cl)cc1. The molecule has 15 heavy (non-hydrogen) atoms. The second kappa shape index (κ2) is 5.36. The molecule has 5 heteroatoms. The number of halogens is 1. The van der Waals surface area contributed by atoms with Crippen LogP contribution < -0.4 is 5.32 Å². The largest absolute Gasteiger partial charge is 0.481 e. The topological polar surface area (TPSA) is 66.4 Å².